The first-order valence-electron chi connectivity index (χ1n) is 4.74. The second-order valence-corrected chi connectivity index (χ2v) is 2.75. The summed E-state index contributed by atoms with van der Waals surface area (Å²) < 4.78 is 0. The van der Waals surface area contributed by atoms with Crippen molar-refractivity contribution in [2.75, 3.05) is 0 Å². The number of hydrogen-bond acceptors (Lipinski definition) is 1. The molecular weight excluding hydrogens is 136 g/mol. The molecule has 0 atom stereocenters. The molecule has 0 amide bonds. The maximum Gasteiger partial charge on any atom is 0.132 e. The van der Waals surface area contributed by atoms with Crippen LogP contribution in [0.1, 0.15) is 59.8 Å². The summed E-state index contributed by atoms with van der Waals surface area (Å²) in [6.07, 6.45) is 4.79. The highest BCUT2D eigenvalue weighted by Gasteiger charge is 1.94. The summed E-state index contributed by atoms with van der Waals surface area (Å²) >= 11 is 0. The van der Waals surface area contributed by atoms with Crippen LogP contribution in [0.3, 0.4) is 0 Å². The van der Waals surface area contributed by atoms with Crippen LogP contribution in [-0.4, -0.2) is 5.78 Å². The predicted molar refractivity (Wildman–Crippen MR) is 50.8 cm³/mol. The molecule has 1 heteroatoms. The van der Waals surface area contributed by atoms with Gasteiger partial charge in [-0.2, -0.15) is 0 Å². The van der Waals surface area contributed by atoms with Crippen molar-refractivity contribution in [1.82, 2.24) is 0 Å². The van der Waals surface area contributed by atoms with E-state index >= 15 is 0 Å². The summed E-state index contributed by atoms with van der Waals surface area (Å²) in [5, 5.41) is 0. The van der Waals surface area contributed by atoms with Crippen molar-refractivity contribution in [2.24, 2.45) is 0 Å². The second kappa shape index (κ2) is 12.4. The Labute approximate surface area is 71.2 Å². The SMILES string of the molecule is CCC.CCCC(=O)CCC. The molecule has 0 spiro atoms. The van der Waals surface area contributed by atoms with Crippen LogP contribution in [-0.2, 0) is 4.79 Å². The molecule has 0 saturated carbocycles. The number of carbonyl (C=O) groups excluding carboxylic acids is 1. The summed E-state index contributed by atoms with van der Waals surface area (Å²) in [7, 11) is 0. The van der Waals surface area contributed by atoms with Crippen molar-refractivity contribution >= 4 is 5.78 Å². The summed E-state index contributed by atoms with van der Waals surface area (Å²) in [4.78, 5) is 10.6. The van der Waals surface area contributed by atoms with Crippen molar-refractivity contribution < 1.29 is 4.79 Å². The first-order valence-corrected chi connectivity index (χ1v) is 4.74. The number of Topliss-reactive ketones (excluding diaryl/α,β-unsaturated/α-hetero) is 1. The molecule has 0 rings (SSSR count). The summed E-state index contributed by atoms with van der Waals surface area (Å²) in [6, 6.07) is 0. The molecular formula is C10H22O. The Morgan fingerprint density at radius 3 is 1.36 bits per heavy atom. The van der Waals surface area contributed by atoms with Crippen LogP contribution in [0.15, 0.2) is 0 Å². The fourth-order valence-corrected chi connectivity index (χ4v) is 0.683. The van der Waals surface area contributed by atoms with Crippen molar-refractivity contribution in [3.05, 3.63) is 0 Å². The van der Waals surface area contributed by atoms with E-state index in [1.165, 1.54) is 6.42 Å². The molecule has 0 saturated heterocycles. The van der Waals surface area contributed by atoms with Crippen molar-refractivity contribution in [2.45, 2.75) is 59.8 Å². The third kappa shape index (κ3) is 17.7. The lowest BCUT2D eigenvalue weighted by molar-refractivity contribution is -0.119. The molecule has 0 bridgehead atoms. The van der Waals surface area contributed by atoms with Gasteiger partial charge in [-0.05, 0) is 12.8 Å². The third-order valence-corrected chi connectivity index (χ3v) is 1.06. The maximum absolute atomic E-state index is 10.6. The van der Waals surface area contributed by atoms with Crippen LogP contribution in [0.2, 0.25) is 0 Å². The second-order valence-electron chi connectivity index (χ2n) is 2.75. The van der Waals surface area contributed by atoms with Gasteiger partial charge in [0.15, 0.2) is 0 Å². The normalized spacial score (nSPS) is 8.36. The highest BCUT2D eigenvalue weighted by molar-refractivity contribution is 5.78. The average Bonchev–Trinajstić information content (AvgIpc) is 1.90. The molecule has 1 nitrogen and oxygen atoms in total. The Morgan fingerprint density at radius 1 is 0.909 bits per heavy atom. The average molecular weight is 158 g/mol. The van der Waals surface area contributed by atoms with E-state index in [2.05, 4.69) is 13.8 Å². The van der Waals surface area contributed by atoms with E-state index in [0.29, 0.717) is 5.78 Å². The van der Waals surface area contributed by atoms with Gasteiger partial charge in [0, 0.05) is 12.8 Å². The van der Waals surface area contributed by atoms with E-state index in [1.54, 1.807) is 0 Å². The first-order chi connectivity index (χ1) is 5.22. The summed E-state index contributed by atoms with van der Waals surface area (Å²) in [5.41, 5.74) is 0. The molecule has 0 aliphatic rings. The molecule has 0 heterocycles. The molecule has 0 aliphatic carbocycles. The highest BCUT2D eigenvalue weighted by Crippen LogP contribution is 1.95. The van der Waals surface area contributed by atoms with Crippen LogP contribution in [0.5, 0.6) is 0 Å². The van der Waals surface area contributed by atoms with Gasteiger partial charge in [0.05, 0.1) is 0 Å². The van der Waals surface area contributed by atoms with Gasteiger partial charge < -0.3 is 0 Å². The highest BCUT2D eigenvalue weighted by atomic mass is 16.1. The lowest BCUT2D eigenvalue weighted by atomic mass is 10.1. The number of hydrogen-bond donors (Lipinski definition) is 0. The van der Waals surface area contributed by atoms with Crippen LogP contribution >= 0.6 is 0 Å². The molecule has 0 aromatic rings. The van der Waals surface area contributed by atoms with Crippen LogP contribution in [0.25, 0.3) is 0 Å². The zero-order chi connectivity index (χ0) is 9.11. The van der Waals surface area contributed by atoms with Gasteiger partial charge in [0.2, 0.25) is 0 Å². The van der Waals surface area contributed by atoms with E-state index in [-0.39, 0.29) is 0 Å². The lowest BCUT2D eigenvalue weighted by Gasteiger charge is -1.91. The molecule has 0 N–H and O–H groups in total. The molecule has 0 aromatic carbocycles. The largest absolute Gasteiger partial charge is 0.300 e. The maximum atomic E-state index is 10.6. The minimum Gasteiger partial charge on any atom is -0.300 e. The number of ketones is 1. The minimum absolute atomic E-state index is 0.412. The van der Waals surface area contributed by atoms with E-state index in [0.717, 1.165) is 25.7 Å². The lowest BCUT2D eigenvalue weighted by Crippen LogP contribution is -1.93. The topological polar surface area (TPSA) is 17.1 Å². The predicted octanol–water partition coefficient (Wildman–Crippen LogP) is 3.57. The smallest absolute Gasteiger partial charge is 0.132 e. The zero-order valence-corrected chi connectivity index (χ0v) is 8.44. The zero-order valence-electron chi connectivity index (χ0n) is 8.44. The fourth-order valence-electron chi connectivity index (χ4n) is 0.683. The quantitative estimate of drug-likeness (QED) is 0.611. The Morgan fingerprint density at radius 2 is 1.18 bits per heavy atom. The van der Waals surface area contributed by atoms with Crippen molar-refractivity contribution in [1.29, 1.82) is 0 Å². The van der Waals surface area contributed by atoms with Crippen molar-refractivity contribution in [3.8, 4) is 0 Å². The van der Waals surface area contributed by atoms with Crippen LogP contribution < -0.4 is 0 Å². The fraction of sp³-hybridized carbons (Fsp3) is 0.900. The molecule has 68 valence electrons. The molecule has 0 radical (unpaired) electrons. The van der Waals surface area contributed by atoms with Gasteiger partial charge >= 0.3 is 0 Å². The Balaban J connectivity index is 0. The Hall–Kier alpha value is -0.330. The Bertz CT molecular complexity index is 68.9. The molecule has 0 aliphatic heterocycles. The van der Waals surface area contributed by atoms with E-state index in [1.807, 2.05) is 13.8 Å². The van der Waals surface area contributed by atoms with Gasteiger partial charge in [0.25, 0.3) is 0 Å². The number of carbonyl (C=O) groups is 1. The molecule has 0 unspecified atom stereocenters. The van der Waals surface area contributed by atoms with Crippen LogP contribution in [0.4, 0.5) is 0 Å². The van der Waals surface area contributed by atoms with Gasteiger partial charge in [-0.1, -0.05) is 34.1 Å². The molecule has 0 fully saturated rings. The first kappa shape index (κ1) is 13.3. The molecule has 11 heavy (non-hydrogen) atoms. The van der Waals surface area contributed by atoms with Gasteiger partial charge in [-0.3, -0.25) is 4.79 Å². The minimum atomic E-state index is 0.412. The van der Waals surface area contributed by atoms with Crippen LogP contribution in [0, 0.1) is 0 Å². The van der Waals surface area contributed by atoms with Crippen molar-refractivity contribution in [3.63, 3.8) is 0 Å². The third-order valence-electron chi connectivity index (χ3n) is 1.06. The van der Waals surface area contributed by atoms with Gasteiger partial charge in [-0.15, -0.1) is 0 Å². The number of rotatable bonds is 4. The molecule has 0 aromatic heterocycles. The van der Waals surface area contributed by atoms with Gasteiger partial charge in [0.1, 0.15) is 5.78 Å². The monoisotopic (exact) mass is 158 g/mol. The summed E-state index contributed by atoms with van der Waals surface area (Å²) in [6.45, 7) is 8.32. The Kier molecular flexibility index (Phi) is 14.9. The van der Waals surface area contributed by atoms with E-state index in [4.69, 9.17) is 0 Å². The van der Waals surface area contributed by atoms with Gasteiger partial charge in [-0.25, -0.2) is 0 Å². The standard InChI is InChI=1S/C7H14O.C3H8/c1-3-5-7(8)6-4-2;1-3-2/h3-6H2,1-2H3;3H2,1-2H3. The summed E-state index contributed by atoms with van der Waals surface area (Å²) in [5.74, 6) is 0.412. The van der Waals surface area contributed by atoms with E-state index < -0.39 is 0 Å². The van der Waals surface area contributed by atoms with E-state index in [9.17, 15) is 4.79 Å².